The van der Waals surface area contributed by atoms with E-state index in [2.05, 4.69) is 54.7 Å². The zero-order valence-electron chi connectivity index (χ0n) is 12.2. The second-order valence-electron chi connectivity index (χ2n) is 5.24. The summed E-state index contributed by atoms with van der Waals surface area (Å²) in [5.41, 5.74) is 4.13. The van der Waals surface area contributed by atoms with Crippen LogP contribution in [0.1, 0.15) is 5.56 Å². The summed E-state index contributed by atoms with van der Waals surface area (Å²) in [6.07, 6.45) is 3.52. The molecule has 23 heavy (non-hydrogen) atoms. The quantitative estimate of drug-likeness (QED) is 0.513. The van der Waals surface area contributed by atoms with Crippen molar-refractivity contribution < 1.29 is 4.21 Å². The molecule has 2 aromatic heterocycles. The van der Waals surface area contributed by atoms with Crippen molar-refractivity contribution in [3.05, 3.63) is 52.8 Å². The van der Waals surface area contributed by atoms with E-state index in [9.17, 15) is 4.21 Å². The molecule has 116 valence electrons. The molecule has 0 radical (unpaired) electrons. The minimum atomic E-state index is -1.03. The van der Waals surface area contributed by atoms with Gasteiger partial charge in [0.15, 0.2) is 4.34 Å². The number of halogens is 1. The second-order valence-corrected chi connectivity index (χ2v) is 8.74. The van der Waals surface area contributed by atoms with Gasteiger partial charge in [-0.2, -0.15) is 0 Å². The van der Waals surface area contributed by atoms with Crippen LogP contribution in [0.4, 0.5) is 0 Å². The molecule has 4 rings (SSSR count). The van der Waals surface area contributed by atoms with Crippen LogP contribution in [0, 0.1) is 0 Å². The number of rotatable bonds is 3. The van der Waals surface area contributed by atoms with E-state index >= 15 is 0 Å². The average Bonchev–Trinajstić information content (AvgIpc) is 3.11. The monoisotopic (exact) mass is 405 g/mol. The summed E-state index contributed by atoms with van der Waals surface area (Å²) in [6.45, 7) is 0.732. The van der Waals surface area contributed by atoms with Crippen molar-refractivity contribution in [3.63, 3.8) is 0 Å². The largest absolute Gasteiger partial charge is 0.326 e. The predicted octanol–water partition coefficient (Wildman–Crippen LogP) is 4.19. The molecule has 0 fully saturated rings. The smallest absolute Gasteiger partial charge is 0.181 e. The predicted molar refractivity (Wildman–Crippen MR) is 98.5 cm³/mol. The van der Waals surface area contributed by atoms with Gasteiger partial charge in [0.25, 0.3) is 0 Å². The average molecular weight is 406 g/mol. The molecular weight excluding hydrogens is 394 g/mol. The van der Waals surface area contributed by atoms with Gasteiger partial charge in [-0.3, -0.25) is 4.21 Å². The molecule has 4 nitrogen and oxygen atoms in total. The van der Waals surface area contributed by atoms with Crippen LogP contribution in [0.25, 0.3) is 21.3 Å². The zero-order valence-corrected chi connectivity index (χ0v) is 15.4. The van der Waals surface area contributed by atoms with Crippen molar-refractivity contribution >= 4 is 59.3 Å². The van der Waals surface area contributed by atoms with Gasteiger partial charge in [0.2, 0.25) is 0 Å². The maximum absolute atomic E-state index is 11.6. The van der Waals surface area contributed by atoms with Gasteiger partial charge < -0.3 is 4.57 Å². The van der Waals surface area contributed by atoms with Gasteiger partial charge in [-0.1, -0.05) is 22.0 Å². The first-order valence-electron chi connectivity index (χ1n) is 6.93. The molecule has 0 aliphatic rings. The molecule has 0 bridgehead atoms. The van der Waals surface area contributed by atoms with Gasteiger partial charge in [0.1, 0.15) is 0 Å². The Morgan fingerprint density at radius 3 is 2.91 bits per heavy atom. The van der Waals surface area contributed by atoms with Crippen molar-refractivity contribution in [1.29, 1.82) is 0 Å². The molecule has 0 aliphatic heterocycles. The summed E-state index contributed by atoms with van der Waals surface area (Å²) in [6, 6.07) is 12.3. The minimum Gasteiger partial charge on any atom is -0.326 e. The van der Waals surface area contributed by atoms with Gasteiger partial charge in [0.05, 0.1) is 38.4 Å². The number of fused-ring (bicyclic) bond motifs is 2. The van der Waals surface area contributed by atoms with E-state index < -0.39 is 10.8 Å². The third-order valence-electron chi connectivity index (χ3n) is 3.61. The fourth-order valence-corrected chi connectivity index (χ4v) is 4.52. The Morgan fingerprint density at radius 2 is 2.09 bits per heavy atom. The molecule has 1 unspecified atom stereocenters. The van der Waals surface area contributed by atoms with E-state index in [4.69, 9.17) is 0 Å². The highest BCUT2D eigenvalue weighted by molar-refractivity contribution is 9.10. The molecule has 7 heteroatoms. The van der Waals surface area contributed by atoms with Crippen LogP contribution in [0.15, 0.2) is 51.5 Å². The third kappa shape index (κ3) is 2.84. The zero-order chi connectivity index (χ0) is 16.0. The summed E-state index contributed by atoms with van der Waals surface area (Å²) in [5, 5.41) is 0. The van der Waals surface area contributed by atoms with Crippen LogP contribution in [0.5, 0.6) is 0 Å². The van der Waals surface area contributed by atoms with Crippen molar-refractivity contribution in [3.8, 4) is 0 Å². The lowest BCUT2D eigenvalue weighted by molar-refractivity contribution is 0.686. The normalized spacial score (nSPS) is 13.0. The first-order valence-corrected chi connectivity index (χ1v) is 10.1. The van der Waals surface area contributed by atoms with E-state index in [0.717, 1.165) is 37.8 Å². The lowest BCUT2D eigenvalue weighted by atomic mass is 10.2. The van der Waals surface area contributed by atoms with Crippen molar-refractivity contribution in [2.45, 2.75) is 10.9 Å². The van der Waals surface area contributed by atoms with Crippen LogP contribution >= 0.6 is 27.3 Å². The van der Waals surface area contributed by atoms with E-state index in [0.29, 0.717) is 4.34 Å². The summed E-state index contributed by atoms with van der Waals surface area (Å²) >= 11 is 4.96. The maximum atomic E-state index is 11.6. The van der Waals surface area contributed by atoms with Gasteiger partial charge in [0, 0.05) is 17.3 Å². The highest BCUT2D eigenvalue weighted by Gasteiger charge is 2.09. The number of aromatic nitrogens is 3. The van der Waals surface area contributed by atoms with Gasteiger partial charge in [-0.25, -0.2) is 9.97 Å². The van der Waals surface area contributed by atoms with Crippen molar-refractivity contribution in [1.82, 2.24) is 14.5 Å². The Labute approximate surface area is 147 Å². The van der Waals surface area contributed by atoms with Crippen LogP contribution in [-0.4, -0.2) is 25.0 Å². The Hall–Kier alpha value is -1.57. The topological polar surface area (TPSA) is 47.8 Å². The lowest BCUT2D eigenvalue weighted by Crippen LogP contribution is -1.97. The molecule has 2 aromatic carbocycles. The molecule has 0 saturated heterocycles. The van der Waals surface area contributed by atoms with Gasteiger partial charge in [-0.05, 0) is 35.9 Å². The van der Waals surface area contributed by atoms with Gasteiger partial charge in [-0.15, -0.1) is 11.3 Å². The summed E-state index contributed by atoms with van der Waals surface area (Å²) in [5.74, 6) is 0. The van der Waals surface area contributed by atoms with Crippen molar-refractivity contribution in [2.75, 3.05) is 6.26 Å². The van der Waals surface area contributed by atoms with E-state index in [-0.39, 0.29) is 0 Å². The fourth-order valence-electron chi connectivity index (χ4n) is 2.53. The van der Waals surface area contributed by atoms with E-state index in [1.165, 1.54) is 11.3 Å². The van der Waals surface area contributed by atoms with Gasteiger partial charge >= 0.3 is 0 Å². The van der Waals surface area contributed by atoms with Crippen molar-refractivity contribution in [2.24, 2.45) is 0 Å². The third-order valence-corrected chi connectivity index (χ3v) is 6.48. The molecule has 0 aliphatic carbocycles. The Morgan fingerprint density at radius 1 is 1.22 bits per heavy atom. The minimum absolute atomic E-state index is 0.676. The highest BCUT2D eigenvalue weighted by Crippen LogP contribution is 2.26. The Bertz CT molecular complexity index is 1050. The molecule has 0 spiro atoms. The first-order chi connectivity index (χ1) is 11.1. The number of thiazole rings is 1. The first kappa shape index (κ1) is 15.0. The molecule has 1 atom stereocenters. The molecule has 4 aromatic rings. The Kier molecular flexibility index (Phi) is 3.79. The highest BCUT2D eigenvalue weighted by atomic mass is 79.9. The van der Waals surface area contributed by atoms with E-state index in [1.807, 2.05) is 18.5 Å². The fraction of sp³-hybridized carbons (Fsp3) is 0.125. The van der Waals surface area contributed by atoms with Crippen LogP contribution < -0.4 is 0 Å². The summed E-state index contributed by atoms with van der Waals surface area (Å²) < 4.78 is 16.5. The summed E-state index contributed by atoms with van der Waals surface area (Å²) in [7, 11) is -1.03. The SMILES string of the molecule is CS(=O)c1nc2cc(Cn3cnc4cc(Br)ccc43)ccc2s1. The maximum Gasteiger partial charge on any atom is 0.181 e. The number of nitrogens with zero attached hydrogens (tertiary/aromatic N) is 3. The Balaban J connectivity index is 1.72. The second kappa shape index (κ2) is 5.81. The lowest BCUT2D eigenvalue weighted by Gasteiger charge is -2.04. The molecule has 0 amide bonds. The van der Waals surface area contributed by atoms with E-state index in [1.54, 1.807) is 6.26 Å². The standard InChI is InChI=1S/C16H12BrN3OS2/c1-23(21)16-19-13-6-10(2-5-15(13)22-16)8-20-9-18-12-7-11(17)3-4-14(12)20/h2-7,9H,8H2,1H3. The van der Waals surface area contributed by atoms with Crippen LogP contribution in [-0.2, 0) is 17.3 Å². The van der Waals surface area contributed by atoms with Crippen LogP contribution in [0.3, 0.4) is 0 Å². The molecule has 0 saturated carbocycles. The van der Waals surface area contributed by atoms with Crippen LogP contribution in [0.2, 0.25) is 0 Å². The number of hydrogen-bond acceptors (Lipinski definition) is 4. The molecule has 0 N–H and O–H groups in total. The number of hydrogen-bond donors (Lipinski definition) is 0. The number of imidazole rings is 1. The molecule has 2 heterocycles. The molecular formula is C16H12BrN3OS2. The number of benzene rings is 2. The summed E-state index contributed by atoms with van der Waals surface area (Å²) in [4.78, 5) is 8.91.